The number of rotatable bonds is 7. The molecule has 3 aliphatic rings. The molecule has 2 fully saturated rings. The number of carbonyl (C=O) groups excluding carboxylic acids is 3. The first-order chi connectivity index (χ1) is 16.4. The van der Waals surface area contributed by atoms with Crippen molar-refractivity contribution in [3.8, 4) is 0 Å². The molecule has 180 valence electrons. The number of hydrogen-bond donors (Lipinski definition) is 2. The van der Waals surface area contributed by atoms with Crippen LogP contribution in [0.5, 0.6) is 0 Å². The van der Waals surface area contributed by atoms with Gasteiger partial charge in [-0.25, -0.2) is 4.98 Å². The second kappa shape index (κ2) is 9.06. The molecule has 3 amide bonds. The SMILES string of the molecule is C[C@@]1(C(=O)NC2CCCC2)Cn2cnc(C(=O)NCCc3ccc(Cl)cc3)c2C(=O)N1C1CC1. The van der Waals surface area contributed by atoms with Gasteiger partial charge in [0.25, 0.3) is 11.8 Å². The van der Waals surface area contributed by atoms with Crippen LogP contribution in [-0.2, 0) is 17.8 Å². The number of carbonyl (C=O) groups is 3. The Morgan fingerprint density at radius 1 is 1.15 bits per heavy atom. The smallest absolute Gasteiger partial charge is 0.274 e. The molecule has 0 unspecified atom stereocenters. The topological polar surface area (TPSA) is 96.3 Å². The fraction of sp³-hybridized carbons (Fsp3) is 0.520. The van der Waals surface area contributed by atoms with Crippen LogP contribution in [0.25, 0.3) is 0 Å². The summed E-state index contributed by atoms with van der Waals surface area (Å²) in [5, 5.41) is 6.71. The van der Waals surface area contributed by atoms with E-state index in [-0.39, 0.29) is 47.7 Å². The first-order valence-corrected chi connectivity index (χ1v) is 12.5. The first kappa shape index (κ1) is 22.9. The van der Waals surface area contributed by atoms with Gasteiger partial charge in [-0.3, -0.25) is 14.4 Å². The number of fused-ring (bicyclic) bond motifs is 1. The van der Waals surface area contributed by atoms with Gasteiger partial charge < -0.3 is 20.1 Å². The van der Waals surface area contributed by atoms with E-state index in [0.717, 1.165) is 44.1 Å². The second-order valence-corrected chi connectivity index (χ2v) is 10.3. The Bertz CT molecular complexity index is 1100. The zero-order valence-electron chi connectivity index (χ0n) is 19.3. The van der Waals surface area contributed by atoms with E-state index in [2.05, 4.69) is 15.6 Å². The standard InChI is InChI=1S/C25H30ClN5O3/c1-25(24(34)29-18-4-2-3-5-18)14-30-15-28-20(21(30)23(33)31(25)19-10-11-19)22(32)27-13-12-16-6-8-17(26)9-7-16/h6-9,15,18-19H,2-5,10-14H2,1H3,(H,27,32)(H,29,34)/t25-/m0/s1. The van der Waals surface area contributed by atoms with Crippen molar-refractivity contribution in [2.75, 3.05) is 6.54 Å². The van der Waals surface area contributed by atoms with Gasteiger partial charge in [0.1, 0.15) is 11.2 Å². The Morgan fingerprint density at radius 3 is 2.53 bits per heavy atom. The van der Waals surface area contributed by atoms with Crippen LogP contribution < -0.4 is 10.6 Å². The van der Waals surface area contributed by atoms with Gasteiger partial charge in [-0.1, -0.05) is 36.6 Å². The van der Waals surface area contributed by atoms with Gasteiger partial charge in [0.05, 0.1) is 12.9 Å². The van der Waals surface area contributed by atoms with E-state index in [0.29, 0.717) is 18.0 Å². The molecule has 0 spiro atoms. The summed E-state index contributed by atoms with van der Waals surface area (Å²) in [6.45, 7) is 2.53. The number of benzene rings is 1. The average molecular weight is 484 g/mol. The lowest BCUT2D eigenvalue weighted by Gasteiger charge is -2.44. The van der Waals surface area contributed by atoms with Crippen LogP contribution in [0.4, 0.5) is 0 Å². The maximum Gasteiger partial charge on any atom is 0.274 e. The van der Waals surface area contributed by atoms with Crippen LogP contribution in [-0.4, -0.2) is 56.3 Å². The van der Waals surface area contributed by atoms with E-state index >= 15 is 0 Å². The normalized spacial score (nSPS) is 22.5. The van der Waals surface area contributed by atoms with Crippen molar-refractivity contribution in [2.24, 2.45) is 0 Å². The lowest BCUT2D eigenvalue weighted by Crippen LogP contribution is -2.65. The Labute approximate surface area is 204 Å². The Morgan fingerprint density at radius 2 is 1.85 bits per heavy atom. The number of imidazole rings is 1. The fourth-order valence-corrected chi connectivity index (χ4v) is 5.31. The van der Waals surface area contributed by atoms with Crippen LogP contribution >= 0.6 is 11.6 Å². The van der Waals surface area contributed by atoms with Crippen molar-refractivity contribution in [3.05, 3.63) is 52.6 Å². The van der Waals surface area contributed by atoms with Gasteiger partial charge in [0.2, 0.25) is 5.91 Å². The van der Waals surface area contributed by atoms with E-state index in [1.807, 2.05) is 31.2 Å². The fourth-order valence-electron chi connectivity index (χ4n) is 5.19. The molecule has 0 saturated heterocycles. The summed E-state index contributed by atoms with van der Waals surface area (Å²) < 4.78 is 1.67. The lowest BCUT2D eigenvalue weighted by atomic mass is 9.93. The molecule has 0 bridgehead atoms. The lowest BCUT2D eigenvalue weighted by molar-refractivity contribution is -0.134. The third-order valence-electron chi connectivity index (χ3n) is 7.19. The summed E-state index contributed by atoms with van der Waals surface area (Å²) in [5.74, 6) is -0.794. The van der Waals surface area contributed by atoms with E-state index in [9.17, 15) is 14.4 Å². The van der Waals surface area contributed by atoms with Crippen molar-refractivity contribution in [1.82, 2.24) is 25.1 Å². The average Bonchev–Trinajstić information content (AvgIpc) is 3.32. The predicted molar refractivity (Wildman–Crippen MR) is 128 cm³/mol. The van der Waals surface area contributed by atoms with Gasteiger partial charge in [0.15, 0.2) is 5.69 Å². The molecule has 2 saturated carbocycles. The summed E-state index contributed by atoms with van der Waals surface area (Å²) in [5.41, 5.74) is 0.431. The van der Waals surface area contributed by atoms with Crippen molar-refractivity contribution < 1.29 is 14.4 Å². The monoisotopic (exact) mass is 483 g/mol. The summed E-state index contributed by atoms with van der Waals surface area (Å²) in [6.07, 6.45) is 8.09. The molecule has 34 heavy (non-hydrogen) atoms. The molecule has 1 atom stereocenters. The molecular weight excluding hydrogens is 454 g/mol. The van der Waals surface area contributed by atoms with Crippen LogP contribution in [0.1, 0.15) is 72.0 Å². The number of halogens is 1. The minimum atomic E-state index is -1.00. The number of nitrogens with one attached hydrogen (secondary N) is 2. The Kier molecular flexibility index (Phi) is 6.10. The molecule has 8 nitrogen and oxygen atoms in total. The summed E-state index contributed by atoms with van der Waals surface area (Å²) in [6, 6.07) is 7.66. The highest BCUT2D eigenvalue weighted by molar-refractivity contribution is 6.30. The number of amides is 3. The minimum Gasteiger partial charge on any atom is -0.351 e. The molecular formula is C25H30ClN5O3. The molecule has 1 aliphatic heterocycles. The van der Waals surface area contributed by atoms with Crippen LogP contribution in [0.2, 0.25) is 5.02 Å². The quantitative estimate of drug-likeness (QED) is 0.632. The van der Waals surface area contributed by atoms with E-state index < -0.39 is 5.54 Å². The molecule has 2 heterocycles. The van der Waals surface area contributed by atoms with Gasteiger partial charge in [0, 0.05) is 23.7 Å². The van der Waals surface area contributed by atoms with Gasteiger partial charge in [-0.2, -0.15) is 0 Å². The summed E-state index contributed by atoms with van der Waals surface area (Å²) in [7, 11) is 0. The molecule has 2 aromatic rings. The molecule has 5 rings (SSSR count). The number of nitrogens with zero attached hydrogens (tertiary/aromatic N) is 3. The van der Waals surface area contributed by atoms with Crippen molar-refractivity contribution in [1.29, 1.82) is 0 Å². The molecule has 0 radical (unpaired) electrons. The third-order valence-corrected chi connectivity index (χ3v) is 7.44. The van der Waals surface area contributed by atoms with E-state index in [4.69, 9.17) is 11.6 Å². The highest BCUT2D eigenvalue weighted by atomic mass is 35.5. The second-order valence-electron chi connectivity index (χ2n) is 9.84. The van der Waals surface area contributed by atoms with Crippen LogP contribution in [0.15, 0.2) is 30.6 Å². The van der Waals surface area contributed by atoms with Gasteiger partial charge in [-0.05, 0) is 56.7 Å². The van der Waals surface area contributed by atoms with Crippen molar-refractivity contribution in [3.63, 3.8) is 0 Å². The predicted octanol–water partition coefficient (Wildman–Crippen LogP) is 2.94. The molecule has 2 N–H and O–H groups in total. The van der Waals surface area contributed by atoms with Crippen molar-refractivity contribution in [2.45, 2.75) is 76.0 Å². The molecule has 1 aromatic heterocycles. The van der Waals surface area contributed by atoms with Crippen molar-refractivity contribution >= 4 is 29.3 Å². The maximum absolute atomic E-state index is 13.7. The molecule has 2 aliphatic carbocycles. The van der Waals surface area contributed by atoms with E-state index in [1.54, 1.807) is 9.47 Å². The molecule has 1 aromatic carbocycles. The van der Waals surface area contributed by atoms with E-state index in [1.165, 1.54) is 6.33 Å². The minimum absolute atomic E-state index is 0.0243. The summed E-state index contributed by atoms with van der Waals surface area (Å²) in [4.78, 5) is 46.0. The highest BCUT2D eigenvalue weighted by Crippen LogP contribution is 2.39. The largest absolute Gasteiger partial charge is 0.351 e. The number of aromatic nitrogens is 2. The van der Waals surface area contributed by atoms with Crippen LogP contribution in [0, 0.1) is 0 Å². The summed E-state index contributed by atoms with van der Waals surface area (Å²) >= 11 is 5.92. The Balaban J connectivity index is 1.32. The van der Waals surface area contributed by atoms with Gasteiger partial charge in [-0.15, -0.1) is 0 Å². The van der Waals surface area contributed by atoms with Crippen LogP contribution in [0.3, 0.4) is 0 Å². The molecule has 9 heteroatoms. The Hall–Kier alpha value is -2.87. The highest BCUT2D eigenvalue weighted by Gasteiger charge is 2.54. The first-order valence-electron chi connectivity index (χ1n) is 12.1. The number of hydrogen-bond acceptors (Lipinski definition) is 4. The third kappa shape index (κ3) is 4.31. The zero-order chi connectivity index (χ0) is 23.9. The maximum atomic E-state index is 13.7. The van der Waals surface area contributed by atoms with Gasteiger partial charge >= 0.3 is 0 Å². The zero-order valence-corrected chi connectivity index (χ0v) is 20.1.